The molecular weight excluding hydrogens is 216 g/mol. The van der Waals surface area contributed by atoms with E-state index in [4.69, 9.17) is 5.11 Å². The number of hydrogen-bond acceptors (Lipinski definition) is 5. The molecule has 0 aliphatic heterocycles. The normalized spacial score (nSPS) is 15.5. The zero-order chi connectivity index (χ0) is 12.3. The lowest BCUT2D eigenvalue weighted by atomic mass is 9.91. The number of aliphatic hydroxyl groups excluding tert-OH is 1. The maximum absolute atomic E-state index is 9.16. The molecule has 17 heavy (non-hydrogen) atoms. The van der Waals surface area contributed by atoms with E-state index < -0.39 is 0 Å². The van der Waals surface area contributed by atoms with E-state index in [1.807, 2.05) is 20.0 Å². The van der Waals surface area contributed by atoms with Crippen LogP contribution in [0.4, 0.5) is 11.6 Å². The lowest BCUT2D eigenvalue weighted by Crippen LogP contribution is -2.42. The molecule has 2 rings (SSSR count). The van der Waals surface area contributed by atoms with Gasteiger partial charge in [-0.05, 0) is 26.2 Å². The second kappa shape index (κ2) is 5.31. The summed E-state index contributed by atoms with van der Waals surface area (Å²) in [5.74, 6) is 2.50. The first-order valence-corrected chi connectivity index (χ1v) is 6.15. The molecule has 94 valence electrons. The molecule has 1 aliphatic carbocycles. The highest BCUT2D eigenvalue weighted by atomic mass is 16.3. The van der Waals surface area contributed by atoms with Crippen molar-refractivity contribution < 1.29 is 5.11 Å². The van der Waals surface area contributed by atoms with Crippen molar-refractivity contribution in [3.63, 3.8) is 0 Å². The second-order valence-electron chi connectivity index (χ2n) is 4.41. The standard InChI is InChI=1S/C12H20N4O/c1-9-14-11(13-2)8-12(15-9)16(6-7-17)10-4-3-5-10/h8,10,17H,3-7H2,1-2H3,(H,13,14,15). The molecule has 0 radical (unpaired) electrons. The van der Waals surface area contributed by atoms with Crippen LogP contribution >= 0.6 is 0 Å². The highest BCUT2D eigenvalue weighted by Gasteiger charge is 2.26. The number of anilines is 2. The molecular formula is C12H20N4O. The summed E-state index contributed by atoms with van der Waals surface area (Å²) in [6.07, 6.45) is 3.66. The lowest BCUT2D eigenvalue weighted by molar-refractivity contribution is 0.283. The van der Waals surface area contributed by atoms with E-state index in [0.29, 0.717) is 12.6 Å². The minimum atomic E-state index is 0.161. The predicted molar refractivity (Wildman–Crippen MR) is 68.4 cm³/mol. The fraction of sp³-hybridized carbons (Fsp3) is 0.667. The average molecular weight is 236 g/mol. The van der Waals surface area contributed by atoms with Crippen LogP contribution in [0, 0.1) is 6.92 Å². The number of aliphatic hydroxyl groups is 1. The summed E-state index contributed by atoms with van der Waals surface area (Å²) in [5, 5.41) is 12.2. The van der Waals surface area contributed by atoms with Crippen molar-refractivity contribution in [2.75, 3.05) is 30.4 Å². The molecule has 1 aromatic heterocycles. The Kier molecular flexibility index (Phi) is 3.78. The van der Waals surface area contributed by atoms with E-state index in [9.17, 15) is 0 Å². The van der Waals surface area contributed by atoms with Crippen molar-refractivity contribution in [1.29, 1.82) is 0 Å². The highest BCUT2D eigenvalue weighted by molar-refractivity contribution is 5.50. The Morgan fingerprint density at radius 3 is 2.76 bits per heavy atom. The van der Waals surface area contributed by atoms with Gasteiger partial charge < -0.3 is 15.3 Å². The molecule has 5 nitrogen and oxygen atoms in total. The largest absolute Gasteiger partial charge is 0.395 e. The van der Waals surface area contributed by atoms with Gasteiger partial charge >= 0.3 is 0 Å². The van der Waals surface area contributed by atoms with E-state index >= 15 is 0 Å². The zero-order valence-electron chi connectivity index (χ0n) is 10.5. The van der Waals surface area contributed by atoms with Gasteiger partial charge in [0.2, 0.25) is 0 Å². The SMILES string of the molecule is CNc1cc(N(CCO)C2CCC2)nc(C)n1. The molecule has 1 aromatic rings. The average Bonchev–Trinajstić information content (AvgIpc) is 2.25. The van der Waals surface area contributed by atoms with Crippen LogP contribution in [0.3, 0.4) is 0 Å². The van der Waals surface area contributed by atoms with Crippen LogP contribution in [0.25, 0.3) is 0 Å². The summed E-state index contributed by atoms with van der Waals surface area (Å²) < 4.78 is 0. The third kappa shape index (κ3) is 2.66. The van der Waals surface area contributed by atoms with Gasteiger partial charge in [0, 0.05) is 25.7 Å². The number of hydrogen-bond donors (Lipinski definition) is 2. The third-order valence-corrected chi connectivity index (χ3v) is 3.23. The van der Waals surface area contributed by atoms with Crippen LogP contribution < -0.4 is 10.2 Å². The first kappa shape index (κ1) is 12.1. The summed E-state index contributed by atoms with van der Waals surface area (Å²) in [5.41, 5.74) is 0. The van der Waals surface area contributed by atoms with E-state index in [1.54, 1.807) is 0 Å². The van der Waals surface area contributed by atoms with Crippen molar-refractivity contribution in [1.82, 2.24) is 9.97 Å². The van der Waals surface area contributed by atoms with Crippen molar-refractivity contribution in [3.05, 3.63) is 11.9 Å². The Balaban J connectivity index is 2.24. The predicted octanol–water partition coefficient (Wildman–Crippen LogP) is 1.18. The first-order valence-electron chi connectivity index (χ1n) is 6.15. The highest BCUT2D eigenvalue weighted by Crippen LogP contribution is 2.29. The van der Waals surface area contributed by atoms with E-state index in [-0.39, 0.29) is 6.61 Å². The molecule has 0 bridgehead atoms. The summed E-state index contributed by atoms with van der Waals surface area (Å²) in [4.78, 5) is 10.9. The first-order chi connectivity index (χ1) is 8.24. The number of aryl methyl sites for hydroxylation is 1. The lowest BCUT2D eigenvalue weighted by Gasteiger charge is -2.38. The maximum atomic E-state index is 9.16. The topological polar surface area (TPSA) is 61.3 Å². The van der Waals surface area contributed by atoms with Gasteiger partial charge in [0.25, 0.3) is 0 Å². The summed E-state index contributed by atoms with van der Waals surface area (Å²) in [6.45, 7) is 2.70. The van der Waals surface area contributed by atoms with E-state index in [2.05, 4.69) is 20.2 Å². The number of nitrogens with zero attached hydrogens (tertiary/aromatic N) is 3. The molecule has 1 aliphatic rings. The smallest absolute Gasteiger partial charge is 0.134 e. The van der Waals surface area contributed by atoms with Crippen LogP contribution in [0.5, 0.6) is 0 Å². The summed E-state index contributed by atoms with van der Waals surface area (Å²) in [7, 11) is 1.85. The fourth-order valence-electron chi connectivity index (χ4n) is 2.12. The van der Waals surface area contributed by atoms with Crippen LogP contribution in [0.2, 0.25) is 0 Å². The minimum absolute atomic E-state index is 0.161. The molecule has 0 spiro atoms. The summed E-state index contributed by atoms with van der Waals surface area (Å²) in [6, 6.07) is 2.47. The zero-order valence-corrected chi connectivity index (χ0v) is 10.5. The van der Waals surface area contributed by atoms with Crippen molar-refractivity contribution in [2.24, 2.45) is 0 Å². The van der Waals surface area contributed by atoms with Gasteiger partial charge in [-0.3, -0.25) is 0 Å². The number of rotatable bonds is 5. The van der Waals surface area contributed by atoms with E-state index in [1.165, 1.54) is 19.3 Å². The monoisotopic (exact) mass is 236 g/mol. The van der Waals surface area contributed by atoms with Crippen molar-refractivity contribution in [2.45, 2.75) is 32.2 Å². The van der Waals surface area contributed by atoms with Crippen molar-refractivity contribution in [3.8, 4) is 0 Å². The Bertz CT molecular complexity index is 379. The molecule has 0 atom stereocenters. The molecule has 0 unspecified atom stereocenters. The number of nitrogens with one attached hydrogen (secondary N) is 1. The van der Waals surface area contributed by atoms with Gasteiger partial charge in [0.1, 0.15) is 17.5 Å². The Morgan fingerprint density at radius 2 is 2.24 bits per heavy atom. The second-order valence-corrected chi connectivity index (χ2v) is 4.41. The Labute approximate surface area is 102 Å². The fourth-order valence-corrected chi connectivity index (χ4v) is 2.12. The molecule has 5 heteroatoms. The van der Waals surface area contributed by atoms with Gasteiger partial charge in [-0.15, -0.1) is 0 Å². The number of aromatic nitrogens is 2. The van der Waals surface area contributed by atoms with Gasteiger partial charge in [-0.2, -0.15) is 0 Å². The Hall–Kier alpha value is -1.36. The molecule has 0 saturated heterocycles. The Morgan fingerprint density at radius 1 is 1.47 bits per heavy atom. The van der Waals surface area contributed by atoms with Crippen LogP contribution in [0.15, 0.2) is 6.07 Å². The molecule has 2 N–H and O–H groups in total. The van der Waals surface area contributed by atoms with Crippen LogP contribution in [-0.2, 0) is 0 Å². The van der Waals surface area contributed by atoms with Gasteiger partial charge in [0.05, 0.1) is 6.61 Å². The molecule has 1 heterocycles. The third-order valence-electron chi connectivity index (χ3n) is 3.23. The van der Waals surface area contributed by atoms with Crippen molar-refractivity contribution >= 4 is 11.6 Å². The van der Waals surface area contributed by atoms with Gasteiger partial charge in [-0.1, -0.05) is 0 Å². The van der Waals surface area contributed by atoms with E-state index in [0.717, 1.165) is 17.5 Å². The summed E-state index contributed by atoms with van der Waals surface area (Å²) >= 11 is 0. The molecule has 0 aromatic carbocycles. The minimum Gasteiger partial charge on any atom is -0.395 e. The molecule has 1 saturated carbocycles. The maximum Gasteiger partial charge on any atom is 0.134 e. The molecule has 0 amide bonds. The quantitative estimate of drug-likeness (QED) is 0.804. The van der Waals surface area contributed by atoms with Gasteiger partial charge in [0.15, 0.2) is 0 Å². The van der Waals surface area contributed by atoms with Gasteiger partial charge in [-0.25, -0.2) is 9.97 Å². The van der Waals surface area contributed by atoms with Crippen LogP contribution in [-0.4, -0.2) is 41.3 Å². The molecule has 1 fully saturated rings. The van der Waals surface area contributed by atoms with Crippen LogP contribution in [0.1, 0.15) is 25.1 Å².